The van der Waals surface area contributed by atoms with E-state index >= 15 is 0 Å². The maximum Gasteiger partial charge on any atom is 0.226 e. The molecule has 2 aromatic heterocycles. The quantitative estimate of drug-likeness (QED) is 0.735. The van der Waals surface area contributed by atoms with Gasteiger partial charge in [0.15, 0.2) is 0 Å². The standard InChI is InChI=1S/C18H21N3O2/c1-11-8-19-21(9-11)10-16-14(4)23-18(20-16)15-6-13(3)17(22-5)7-12(15)2/h6-9H,10H2,1-5H3. The molecule has 5 heteroatoms. The lowest BCUT2D eigenvalue weighted by Crippen LogP contribution is -2.01. The van der Waals surface area contributed by atoms with Gasteiger partial charge in [-0.15, -0.1) is 0 Å². The van der Waals surface area contributed by atoms with E-state index in [1.807, 2.05) is 50.8 Å². The van der Waals surface area contributed by atoms with Crippen molar-refractivity contribution in [2.45, 2.75) is 34.2 Å². The topological polar surface area (TPSA) is 53.1 Å². The third-order valence-electron chi connectivity index (χ3n) is 3.94. The van der Waals surface area contributed by atoms with Crippen LogP contribution in [-0.4, -0.2) is 21.9 Å². The van der Waals surface area contributed by atoms with Crippen molar-refractivity contribution in [3.8, 4) is 17.2 Å². The second-order valence-electron chi connectivity index (χ2n) is 5.87. The first kappa shape index (κ1) is 15.3. The van der Waals surface area contributed by atoms with Crippen LogP contribution < -0.4 is 4.74 Å². The number of methoxy groups -OCH3 is 1. The number of ether oxygens (including phenoxy) is 1. The van der Waals surface area contributed by atoms with E-state index < -0.39 is 0 Å². The second kappa shape index (κ2) is 5.91. The average molecular weight is 311 g/mol. The van der Waals surface area contributed by atoms with E-state index in [0.717, 1.165) is 39.5 Å². The van der Waals surface area contributed by atoms with Crippen molar-refractivity contribution in [3.05, 3.63) is 52.7 Å². The van der Waals surface area contributed by atoms with E-state index in [1.54, 1.807) is 7.11 Å². The first-order valence-corrected chi connectivity index (χ1v) is 7.59. The van der Waals surface area contributed by atoms with Crippen molar-refractivity contribution in [1.29, 1.82) is 0 Å². The highest BCUT2D eigenvalue weighted by molar-refractivity contribution is 5.62. The zero-order valence-corrected chi connectivity index (χ0v) is 14.2. The molecule has 1 aromatic carbocycles. The van der Waals surface area contributed by atoms with Crippen LogP contribution in [0.15, 0.2) is 28.9 Å². The molecule has 0 N–H and O–H groups in total. The minimum atomic E-state index is 0.608. The lowest BCUT2D eigenvalue weighted by atomic mass is 10.0. The minimum Gasteiger partial charge on any atom is -0.496 e. The molecule has 5 nitrogen and oxygen atoms in total. The zero-order valence-electron chi connectivity index (χ0n) is 14.2. The molecule has 0 spiro atoms. The Hall–Kier alpha value is -2.56. The summed E-state index contributed by atoms with van der Waals surface area (Å²) in [5, 5.41) is 4.31. The first-order chi connectivity index (χ1) is 11.0. The van der Waals surface area contributed by atoms with Crippen molar-refractivity contribution < 1.29 is 9.15 Å². The summed E-state index contributed by atoms with van der Waals surface area (Å²) in [6, 6.07) is 4.07. The Bertz CT molecular complexity index is 846. The first-order valence-electron chi connectivity index (χ1n) is 7.59. The third-order valence-corrected chi connectivity index (χ3v) is 3.94. The van der Waals surface area contributed by atoms with Gasteiger partial charge in [-0.1, -0.05) is 0 Å². The van der Waals surface area contributed by atoms with Gasteiger partial charge in [-0.2, -0.15) is 5.10 Å². The number of rotatable bonds is 4. The molecule has 3 rings (SSSR count). The molecule has 0 saturated heterocycles. The number of benzene rings is 1. The molecule has 2 heterocycles. The summed E-state index contributed by atoms with van der Waals surface area (Å²) in [6.07, 6.45) is 3.84. The van der Waals surface area contributed by atoms with E-state index in [9.17, 15) is 0 Å². The second-order valence-corrected chi connectivity index (χ2v) is 5.87. The Morgan fingerprint density at radius 3 is 2.57 bits per heavy atom. The van der Waals surface area contributed by atoms with E-state index in [4.69, 9.17) is 9.15 Å². The molecular formula is C18H21N3O2. The molecule has 120 valence electrons. The maximum atomic E-state index is 5.90. The molecule has 0 aliphatic carbocycles. The third kappa shape index (κ3) is 2.99. The van der Waals surface area contributed by atoms with Gasteiger partial charge >= 0.3 is 0 Å². The van der Waals surface area contributed by atoms with Crippen LogP contribution >= 0.6 is 0 Å². The molecular weight excluding hydrogens is 290 g/mol. The Morgan fingerprint density at radius 1 is 1.13 bits per heavy atom. The molecule has 0 radical (unpaired) electrons. The van der Waals surface area contributed by atoms with Crippen LogP contribution in [0.25, 0.3) is 11.5 Å². The van der Waals surface area contributed by atoms with Crippen molar-refractivity contribution in [2.75, 3.05) is 7.11 Å². The lowest BCUT2D eigenvalue weighted by Gasteiger charge is -2.08. The highest BCUT2D eigenvalue weighted by atomic mass is 16.5. The number of oxazole rings is 1. The highest BCUT2D eigenvalue weighted by Gasteiger charge is 2.15. The molecule has 0 aliphatic heterocycles. The van der Waals surface area contributed by atoms with E-state index in [-0.39, 0.29) is 0 Å². The van der Waals surface area contributed by atoms with Gasteiger partial charge in [-0.3, -0.25) is 4.68 Å². The zero-order chi connectivity index (χ0) is 16.6. The van der Waals surface area contributed by atoms with Crippen molar-refractivity contribution in [3.63, 3.8) is 0 Å². The number of aromatic nitrogens is 3. The molecule has 0 aliphatic rings. The summed E-state index contributed by atoms with van der Waals surface area (Å²) in [5.41, 5.74) is 5.17. The van der Waals surface area contributed by atoms with Gasteiger partial charge < -0.3 is 9.15 Å². The monoisotopic (exact) mass is 311 g/mol. The average Bonchev–Trinajstić information content (AvgIpc) is 3.08. The van der Waals surface area contributed by atoms with Crippen LogP contribution in [0.4, 0.5) is 0 Å². The summed E-state index contributed by atoms with van der Waals surface area (Å²) in [4.78, 5) is 4.67. The number of aryl methyl sites for hydroxylation is 4. The maximum absolute atomic E-state index is 5.90. The summed E-state index contributed by atoms with van der Waals surface area (Å²) in [6.45, 7) is 8.62. The molecule has 23 heavy (non-hydrogen) atoms. The van der Waals surface area contributed by atoms with Crippen LogP contribution in [0.5, 0.6) is 5.75 Å². The van der Waals surface area contributed by atoms with Gasteiger partial charge in [0.2, 0.25) is 5.89 Å². The van der Waals surface area contributed by atoms with Crippen LogP contribution in [0.2, 0.25) is 0 Å². The lowest BCUT2D eigenvalue weighted by molar-refractivity contribution is 0.411. The Morgan fingerprint density at radius 2 is 1.91 bits per heavy atom. The molecule has 0 saturated carbocycles. The molecule has 0 bridgehead atoms. The molecule has 3 aromatic rings. The summed E-state index contributed by atoms with van der Waals surface area (Å²) >= 11 is 0. The summed E-state index contributed by atoms with van der Waals surface area (Å²) in [7, 11) is 1.68. The Kier molecular flexibility index (Phi) is 3.94. The molecule has 0 unspecified atom stereocenters. The van der Waals surface area contributed by atoms with Gasteiger partial charge in [0, 0.05) is 11.8 Å². The van der Waals surface area contributed by atoms with Gasteiger partial charge in [0.1, 0.15) is 17.2 Å². The summed E-state index contributed by atoms with van der Waals surface area (Å²) in [5.74, 6) is 2.34. The smallest absolute Gasteiger partial charge is 0.226 e. The van der Waals surface area contributed by atoms with Crippen molar-refractivity contribution in [2.24, 2.45) is 0 Å². The molecule has 0 amide bonds. The Balaban J connectivity index is 1.96. The van der Waals surface area contributed by atoms with Crippen LogP contribution in [-0.2, 0) is 6.54 Å². The van der Waals surface area contributed by atoms with Crippen molar-refractivity contribution >= 4 is 0 Å². The highest BCUT2D eigenvalue weighted by Crippen LogP contribution is 2.30. The summed E-state index contributed by atoms with van der Waals surface area (Å²) < 4.78 is 13.1. The fourth-order valence-electron chi connectivity index (χ4n) is 2.64. The predicted molar refractivity (Wildman–Crippen MR) is 88.8 cm³/mol. The van der Waals surface area contributed by atoms with Crippen LogP contribution in [0.3, 0.4) is 0 Å². The normalized spacial score (nSPS) is 11.0. The molecule has 0 fully saturated rings. The number of hydrogen-bond donors (Lipinski definition) is 0. The SMILES string of the molecule is COc1cc(C)c(-c2nc(Cn3cc(C)cn3)c(C)o2)cc1C. The van der Waals surface area contributed by atoms with E-state index in [0.29, 0.717) is 12.4 Å². The number of nitrogens with zero attached hydrogens (tertiary/aromatic N) is 3. The van der Waals surface area contributed by atoms with Gasteiger partial charge in [-0.05, 0) is 56.5 Å². The minimum absolute atomic E-state index is 0.608. The van der Waals surface area contributed by atoms with E-state index in [2.05, 4.69) is 16.1 Å². The number of hydrogen-bond acceptors (Lipinski definition) is 4. The Labute approximate surface area is 135 Å². The predicted octanol–water partition coefficient (Wildman–Crippen LogP) is 3.83. The van der Waals surface area contributed by atoms with Gasteiger partial charge in [0.05, 0.1) is 19.9 Å². The fraction of sp³-hybridized carbons (Fsp3) is 0.333. The van der Waals surface area contributed by atoms with Crippen molar-refractivity contribution in [1.82, 2.24) is 14.8 Å². The van der Waals surface area contributed by atoms with Crippen LogP contribution in [0, 0.1) is 27.7 Å². The fourth-order valence-corrected chi connectivity index (χ4v) is 2.64. The van der Waals surface area contributed by atoms with Crippen LogP contribution in [0.1, 0.15) is 28.1 Å². The molecule has 0 atom stereocenters. The van der Waals surface area contributed by atoms with E-state index in [1.165, 1.54) is 0 Å². The van der Waals surface area contributed by atoms with Gasteiger partial charge in [-0.25, -0.2) is 4.98 Å². The van der Waals surface area contributed by atoms with Gasteiger partial charge in [0.25, 0.3) is 0 Å². The largest absolute Gasteiger partial charge is 0.496 e.